The number of hydrogen-bond donors (Lipinski definition) is 2. The van der Waals surface area contributed by atoms with Gasteiger partial charge in [0.2, 0.25) is 0 Å². The minimum Gasteiger partial charge on any atom is -0.448 e. The zero-order valence-electron chi connectivity index (χ0n) is 15.4. The summed E-state index contributed by atoms with van der Waals surface area (Å²) in [6.45, 7) is 5.63. The highest BCUT2D eigenvalue weighted by Crippen LogP contribution is 2.15. The first-order valence-corrected chi connectivity index (χ1v) is 8.68. The lowest BCUT2D eigenvalue weighted by Gasteiger charge is -2.14. The van der Waals surface area contributed by atoms with Crippen LogP contribution in [0.3, 0.4) is 0 Å². The van der Waals surface area contributed by atoms with Crippen LogP contribution >= 0.6 is 0 Å². The molecule has 0 aliphatic rings. The lowest BCUT2D eigenvalue weighted by Crippen LogP contribution is -2.44. The number of amides is 3. The number of rotatable bonds is 6. The van der Waals surface area contributed by atoms with Gasteiger partial charge in [0.05, 0.1) is 5.39 Å². The number of carbonyl (C=O) groups is 3. The van der Waals surface area contributed by atoms with Crippen molar-refractivity contribution < 1.29 is 19.1 Å². The van der Waals surface area contributed by atoms with Crippen molar-refractivity contribution in [1.82, 2.24) is 20.4 Å². The highest BCUT2D eigenvalue weighted by molar-refractivity contribution is 6.03. The summed E-state index contributed by atoms with van der Waals surface area (Å²) in [4.78, 5) is 48.4. The average Bonchev–Trinajstić information content (AvgIpc) is 2.64. The molecule has 1 heterocycles. The van der Waals surface area contributed by atoms with E-state index in [1.54, 1.807) is 31.2 Å². The maximum atomic E-state index is 12.6. The number of nitrogens with one attached hydrogen (secondary N) is 2. The van der Waals surface area contributed by atoms with E-state index in [4.69, 9.17) is 4.74 Å². The Morgan fingerprint density at radius 1 is 1.19 bits per heavy atom. The quantitative estimate of drug-likeness (QED) is 0.733. The average molecular weight is 374 g/mol. The van der Waals surface area contributed by atoms with Gasteiger partial charge < -0.3 is 10.1 Å². The van der Waals surface area contributed by atoms with Crippen LogP contribution < -0.4 is 16.2 Å². The van der Waals surface area contributed by atoms with Crippen molar-refractivity contribution in [2.75, 3.05) is 6.54 Å². The molecule has 9 heteroatoms. The molecule has 0 saturated heterocycles. The van der Waals surface area contributed by atoms with Crippen LogP contribution in [0.5, 0.6) is 0 Å². The number of urea groups is 1. The summed E-state index contributed by atoms with van der Waals surface area (Å²) in [7, 11) is 0. The number of ether oxygens (including phenoxy) is 1. The molecule has 1 aromatic heterocycles. The zero-order valence-corrected chi connectivity index (χ0v) is 15.4. The molecule has 0 saturated carbocycles. The van der Waals surface area contributed by atoms with Gasteiger partial charge in [0.25, 0.3) is 11.5 Å². The number of nitrogens with zero attached hydrogens (tertiary/aromatic N) is 2. The molecule has 1 aromatic carbocycles. The van der Waals surface area contributed by atoms with Crippen molar-refractivity contribution in [3.63, 3.8) is 0 Å². The van der Waals surface area contributed by atoms with Crippen molar-refractivity contribution in [2.45, 2.75) is 39.8 Å². The van der Waals surface area contributed by atoms with Crippen LogP contribution in [0.15, 0.2) is 29.1 Å². The van der Waals surface area contributed by atoms with E-state index in [9.17, 15) is 19.2 Å². The van der Waals surface area contributed by atoms with Crippen LogP contribution in [0.1, 0.15) is 37.7 Å². The molecule has 0 fully saturated rings. The third-order valence-electron chi connectivity index (χ3n) is 3.72. The molecule has 2 aromatic rings. The van der Waals surface area contributed by atoms with Gasteiger partial charge in [-0.2, -0.15) is 5.10 Å². The number of fused-ring (bicyclic) bond motifs is 1. The SMILES string of the molecule is CCCn1nc(C(=O)O[C@H](C)C(=O)NC(=O)NCC)c2ccccc2c1=O. The Morgan fingerprint density at radius 3 is 2.48 bits per heavy atom. The zero-order chi connectivity index (χ0) is 20.0. The molecule has 0 bridgehead atoms. The van der Waals surface area contributed by atoms with E-state index < -0.39 is 24.0 Å². The molecule has 144 valence electrons. The minimum absolute atomic E-state index is 0.0590. The predicted octanol–water partition coefficient (Wildman–Crippen LogP) is 1.20. The smallest absolute Gasteiger partial charge is 0.360 e. The Balaban J connectivity index is 2.29. The van der Waals surface area contributed by atoms with Crippen molar-refractivity contribution in [2.24, 2.45) is 0 Å². The van der Waals surface area contributed by atoms with Crippen molar-refractivity contribution in [3.8, 4) is 0 Å². The summed E-state index contributed by atoms with van der Waals surface area (Å²) in [6.07, 6.45) is -0.558. The topological polar surface area (TPSA) is 119 Å². The molecule has 0 radical (unpaired) electrons. The van der Waals surface area contributed by atoms with Crippen LogP contribution in [0, 0.1) is 0 Å². The van der Waals surface area contributed by atoms with Crippen molar-refractivity contribution in [3.05, 3.63) is 40.3 Å². The lowest BCUT2D eigenvalue weighted by atomic mass is 10.1. The third kappa shape index (κ3) is 4.69. The summed E-state index contributed by atoms with van der Waals surface area (Å²) in [5, 5.41) is 9.28. The van der Waals surface area contributed by atoms with Gasteiger partial charge in [-0.15, -0.1) is 0 Å². The fraction of sp³-hybridized carbons (Fsp3) is 0.389. The summed E-state index contributed by atoms with van der Waals surface area (Å²) in [5.74, 6) is -1.62. The summed E-state index contributed by atoms with van der Waals surface area (Å²) in [6, 6.07) is 5.89. The van der Waals surface area contributed by atoms with Crippen molar-refractivity contribution in [1.29, 1.82) is 0 Å². The first-order chi connectivity index (χ1) is 12.9. The standard InChI is InChI=1S/C18H22N4O5/c1-4-10-22-16(24)13-9-7-6-8-12(13)14(21-22)17(25)27-11(3)15(23)20-18(26)19-5-2/h6-9,11H,4-5,10H2,1-3H3,(H2,19,20,23,26)/t11-/m1/s1. The summed E-state index contributed by atoms with van der Waals surface area (Å²) in [5.41, 5.74) is -0.359. The number of benzene rings is 1. The van der Waals surface area contributed by atoms with Crippen LogP contribution in [-0.2, 0) is 16.1 Å². The van der Waals surface area contributed by atoms with Crippen LogP contribution in [0.2, 0.25) is 0 Å². The fourth-order valence-electron chi connectivity index (χ4n) is 2.44. The number of carbonyl (C=O) groups excluding carboxylic acids is 3. The van der Waals surface area contributed by atoms with Gasteiger partial charge in [0, 0.05) is 18.5 Å². The molecular weight excluding hydrogens is 352 g/mol. The predicted molar refractivity (Wildman–Crippen MR) is 98.4 cm³/mol. The maximum Gasteiger partial charge on any atom is 0.360 e. The molecular formula is C18H22N4O5. The molecule has 0 unspecified atom stereocenters. The molecule has 2 N–H and O–H groups in total. The highest BCUT2D eigenvalue weighted by Gasteiger charge is 2.24. The Bertz CT molecular complexity index is 922. The van der Waals surface area contributed by atoms with Gasteiger partial charge in [-0.25, -0.2) is 14.3 Å². The van der Waals surface area contributed by atoms with Gasteiger partial charge in [-0.05, 0) is 26.3 Å². The van der Waals surface area contributed by atoms with Crippen LogP contribution in [-0.4, -0.2) is 40.3 Å². The molecule has 2 rings (SSSR count). The molecule has 0 spiro atoms. The van der Waals surface area contributed by atoms with Gasteiger partial charge in [0.1, 0.15) is 0 Å². The molecule has 0 aliphatic heterocycles. The minimum atomic E-state index is -1.22. The second-order valence-corrected chi connectivity index (χ2v) is 5.82. The van der Waals surface area contributed by atoms with E-state index in [-0.39, 0.29) is 11.3 Å². The first-order valence-electron chi connectivity index (χ1n) is 8.68. The Kier molecular flexibility index (Phi) is 6.64. The number of hydrogen-bond acceptors (Lipinski definition) is 6. The lowest BCUT2D eigenvalue weighted by molar-refractivity contribution is -0.127. The van der Waals surface area contributed by atoms with Gasteiger partial charge in [0.15, 0.2) is 11.8 Å². The van der Waals surface area contributed by atoms with Crippen molar-refractivity contribution >= 4 is 28.7 Å². The van der Waals surface area contributed by atoms with Gasteiger partial charge in [-0.1, -0.05) is 25.1 Å². The first kappa shape index (κ1) is 20.1. The number of esters is 1. The van der Waals surface area contributed by atoms with E-state index >= 15 is 0 Å². The fourth-order valence-corrected chi connectivity index (χ4v) is 2.44. The molecule has 1 atom stereocenters. The van der Waals surface area contributed by atoms with Gasteiger partial charge in [-0.3, -0.25) is 14.9 Å². The molecule has 27 heavy (non-hydrogen) atoms. The Labute approximate surface area is 155 Å². The summed E-state index contributed by atoms with van der Waals surface area (Å²) < 4.78 is 6.36. The van der Waals surface area contributed by atoms with Crippen LogP contribution in [0.4, 0.5) is 4.79 Å². The maximum absolute atomic E-state index is 12.6. The molecule has 9 nitrogen and oxygen atoms in total. The van der Waals surface area contributed by atoms with E-state index in [0.717, 1.165) is 0 Å². The molecule has 0 aliphatic carbocycles. The Hall–Kier alpha value is -3.23. The summed E-state index contributed by atoms with van der Waals surface area (Å²) >= 11 is 0. The van der Waals surface area contributed by atoms with E-state index in [1.165, 1.54) is 11.6 Å². The second kappa shape index (κ2) is 8.93. The third-order valence-corrected chi connectivity index (χ3v) is 3.72. The normalized spacial score (nSPS) is 11.7. The van der Waals surface area contributed by atoms with Gasteiger partial charge >= 0.3 is 12.0 Å². The number of imide groups is 1. The second-order valence-electron chi connectivity index (χ2n) is 5.82. The molecule has 3 amide bonds. The monoisotopic (exact) mass is 374 g/mol. The Morgan fingerprint density at radius 2 is 1.85 bits per heavy atom. The largest absolute Gasteiger partial charge is 0.448 e. The van der Waals surface area contributed by atoms with E-state index in [0.29, 0.717) is 30.3 Å². The number of aryl methyl sites for hydroxylation is 1. The van der Waals surface area contributed by atoms with Crippen LogP contribution in [0.25, 0.3) is 10.8 Å². The number of aromatic nitrogens is 2. The van der Waals surface area contributed by atoms with E-state index in [2.05, 4.69) is 15.7 Å². The highest BCUT2D eigenvalue weighted by atomic mass is 16.5. The van der Waals surface area contributed by atoms with E-state index in [1.807, 2.05) is 6.92 Å².